The minimum absolute atomic E-state index is 0.100. The summed E-state index contributed by atoms with van der Waals surface area (Å²) in [6.07, 6.45) is 0. The van der Waals surface area contributed by atoms with Crippen LogP contribution in [0.25, 0.3) is 0 Å². The molecule has 0 saturated heterocycles. The molecule has 0 atom stereocenters. The lowest BCUT2D eigenvalue weighted by Gasteiger charge is -2.35. The van der Waals surface area contributed by atoms with Crippen molar-refractivity contribution < 1.29 is 18.0 Å². The number of benzene rings is 2. The van der Waals surface area contributed by atoms with Crippen molar-refractivity contribution in [2.45, 2.75) is 39.4 Å². The van der Waals surface area contributed by atoms with Crippen molar-refractivity contribution in [1.29, 1.82) is 0 Å². The van der Waals surface area contributed by atoms with Crippen LogP contribution in [0.3, 0.4) is 0 Å². The Morgan fingerprint density at radius 1 is 0.966 bits per heavy atom. The van der Waals surface area contributed by atoms with E-state index in [2.05, 4.69) is 31.0 Å². The fraction of sp³-hybridized carbons (Fsp3) is 0.261. The maximum Gasteiger partial charge on any atom is 0.291 e. The number of nitrogens with zero attached hydrogens (tertiary/aromatic N) is 1. The predicted octanol–water partition coefficient (Wildman–Crippen LogP) is 5.61. The van der Waals surface area contributed by atoms with Crippen LogP contribution < -0.4 is 5.32 Å². The first kappa shape index (κ1) is 20.7. The zero-order valence-corrected chi connectivity index (χ0v) is 16.7. The Labute approximate surface area is 169 Å². The molecule has 1 aromatic heterocycles. The van der Waals surface area contributed by atoms with Gasteiger partial charge in [-0.2, -0.15) is 0 Å². The summed E-state index contributed by atoms with van der Waals surface area (Å²) in [6.45, 7) is 7.29. The summed E-state index contributed by atoms with van der Waals surface area (Å²) in [4.78, 5) is 14.5. The number of anilines is 1. The molecular weight excluding hydrogens is 374 g/mol. The minimum Gasteiger partial charge on any atom is -0.455 e. The molecule has 0 radical (unpaired) electrons. The van der Waals surface area contributed by atoms with Crippen molar-refractivity contribution >= 4 is 11.6 Å². The van der Waals surface area contributed by atoms with Gasteiger partial charge in [0.2, 0.25) is 0 Å². The van der Waals surface area contributed by atoms with E-state index in [1.54, 1.807) is 36.4 Å². The molecular formula is C23H24F2N2O2. The number of furan rings is 1. The number of para-hydroxylation sites is 1. The summed E-state index contributed by atoms with van der Waals surface area (Å²) in [6, 6.07) is 15.7. The molecule has 0 fully saturated rings. The molecule has 3 aromatic rings. The van der Waals surface area contributed by atoms with Crippen molar-refractivity contribution in [3.05, 3.63) is 89.4 Å². The number of nitrogens with one attached hydrogen (secondary N) is 1. The van der Waals surface area contributed by atoms with E-state index < -0.39 is 11.7 Å². The molecule has 2 aromatic carbocycles. The number of halogens is 2. The van der Waals surface area contributed by atoms with E-state index in [1.165, 1.54) is 24.3 Å². The van der Waals surface area contributed by atoms with Crippen LogP contribution in [0.4, 0.5) is 14.5 Å². The standard InChI is InChI=1S/C23H24F2N2O2/c1-23(2,3)27(14-16-8-10-17(24)11-9-16)15-18-12-13-21(29-18)22(28)26-20-7-5-4-6-19(20)25/h4-13H,14-15H2,1-3H3,(H,26,28). The van der Waals surface area contributed by atoms with Crippen LogP contribution in [0.5, 0.6) is 0 Å². The molecule has 0 aliphatic carbocycles. The molecule has 1 N–H and O–H groups in total. The first-order valence-electron chi connectivity index (χ1n) is 9.36. The fourth-order valence-corrected chi connectivity index (χ4v) is 2.86. The molecule has 0 spiro atoms. The molecule has 3 rings (SSSR count). The third kappa shape index (κ3) is 5.51. The lowest BCUT2D eigenvalue weighted by molar-refractivity contribution is 0.0968. The molecule has 6 heteroatoms. The average Bonchev–Trinajstić information content (AvgIpc) is 3.13. The van der Waals surface area contributed by atoms with Crippen LogP contribution >= 0.6 is 0 Å². The lowest BCUT2D eigenvalue weighted by Crippen LogP contribution is -2.40. The Kier molecular flexibility index (Phi) is 6.13. The van der Waals surface area contributed by atoms with Gasteiger partial charge in [-0.1, -0.05) is 24.3 Å². The number of amides is 1. The third-order valence-corrected chi connectivity index (χ3v) is 4.59. The molecule has 1 amide bonds. The van der Waals surface area contributed by atoms with Crippen molar-refractivity contribution in [3.8, 4) is 0 Å². The Balaban J connectivity index is 1.71. The monoisotopic (exact) mass is 398 g/mol. The lowest BCUT2D eigenvalue weighted by atomic mass is 10.0. The van der Waals surface area contributed by atoms with Crippen molar-refractivity contribution in [3.63, 3.8) is 0 Å². The smallest absolute Gasteiger partial charge is 0.291 e. The maximum absolute atomic E-state index is 13.7. The van der Waals surface area contributed by atoms with Crippen LogP contribution in [0.2, 0.25) is 0 Å². The highest BCUT2D eigenvalue weighted by atomic mass is 19.1. The first-order valence-corrected chi connectivity index (χ1v) is 9.36. The third-order valence-electron chi connectivity index (χ3n) is 4.59. The quantitative estimate of drug-likeness (QED) is 0.587. The SMILES string of the molecule is CC(C)(C)N(Cc1ccc(F)cc1)Cc1ccc(C(=O)Nc2ccccc2F)o1. The summed E-state index contributed by atoms with van der Waals surface area (Å²) < 4.78 is 32.6. The number of carbonyl (C=O) groups excluding carboxylic acids is 1. The van der Waals surface area contributed by atoms with E-state index >= 15 is 0 Å². The normalized spacial score (nSPS) is 11.7. The second kappa shape index (κ2) is 8.57. The molecule has 0 aliphatic rings. The molecule has 1 heterocycles. The van der Waals surface area contributed by atoms with Gasteiger partial charge in [-0.3, -0.25) is 9.69 Å². The van der Waals surface area contributed by atoms with E-state index in [-0.39, 0.29) is 22.8 Å². The number of hydrogen-bond acceptors (Lipinski definition) is 3. The van der Waals surface area contributed by atoms with Crippen LogP contribution in [-0.2, 0) is 13.1 Å². The molecule has 0 saturated carbocycles. The highest BCUT2D eigenvalue weighted by molar-refractivity contribution is 6.02. The molecule has 29 heavy (non-hydrogen) atoms. The number of carbonyl (C=O) groups is 1. The van der Waals surface area contributed by atoms with Gasteiger partial charge >= 0.3 is 0 Å². The summed E-state index contributed by atoms with van der Waals surface area (Å²) >= 11 is 0. The van der Waals surface area contributed by atoms with Crippen LogP contribution in [0.1, 0.15) is 42.6 Å². The van der Waals surface area contributed by atoms with Gasteiger partial charge in [0.1, 0.15) is 17.4 Å². The Morgan fingerprint density at radius 2 is 1.66 bits per heavy atom. The van der Waals surface area contributed by atoms with Gasteiger partial charge in [-0.05, 0) is 62.7 Å². The van der Waals surface area contributed by atoms with E-state index in [0.29, 0.717) is 18.8 Å². The maximum atomic E-state index is 13.7. The molecule has 152 valence electrons. The van der Waals surface area contributed by atoms with Crippen LogP contribution in [-0.4, -0.2) is 16.3 Å². The summed E-state index contributed by atoms with van der Waals surface area (Å²) in [7, 11) is 0. The Bertz CT molecular complexity index is 975. The topological polar surface area (TPSA) is 45.5 Å². The van der Waals surface area contributed by atoms with Crippen molar-refractivity contribution in [2.75, 3.05) is 5.32 Å². The van der Waals surface area contributed by atoms with Gasteiger partial charge in [0.25, 0.3) is 5.91 Å². The Hall–Kier alpha value is -2.99. The number of hydrogen-bond donors (Lipinski definition) is 1. The zero-order chi connectivity index (χ0) is 21.0. The second-order valence-electron chi connectivity index (χ2n) is 7.85. The van der Waals surface area contributed by atoms with E-state index in [0.717, 1.165) is 5.56 Å². The van der Waals surface area contributed by atoms with Crippen LogP contribution in [0.15, 0.2) is 65.1 Å². The van der Waals surface area contributed by atoms with Gasteiger partial charge in [-0.15, -0.1) is 0 Å². The van der Waals surface area contributed by atoms with E-state index in [9.17, 15) is 13.6 Å². The van der Waals surface area contributed by atoms with Crippen molar-refractivity contribution in [2.24, 2.45) is 0 Å². The molecule has 0 unspecified atom stereocenters. The van der Waals surface area contributed by atoms with E-state index in [4.69, 9.17) is 4.42 Å². The zero-order valence-electron chi connectivity index (χ0n) is 16.7. The van der Waals surface area contributed by atoms with Gasteiger partial charge in [-0.25, -0.2) is 8.78 Å². The largest absolute Gasteiger partial charge is 0.455 e. The average molecular weight is 398 g/mol. The van der Waals surface area contributed by atoms with E-state index in [1.807, 2.05) is 0 Å². The minimum atomic E-state index is -0.512. The summed E-state index contributed by atoms with van der Waals surface area (Å²) in [5.74, 6) is -0.569. The summed E-state index contributed by atoms with van der Waals surface area (Å²) in [5.41, 5.74) is 0.894. The van der Waals surface area contributed by atoms with Crippen molar-refractivity contribution in [1.82, 2.24) is 4.90 Å². The summed E-state index contributed by atoms with van der Waals surface area (Å²) in [5, 5.41) is 2.51. The van der Waals surface area contributed by atoms with Gasteiger partial charge in [0, 0.05) is 12.1 Å². The molecule has 4 nitrogen and oxygen atoms in total. The highest BCUT2D eigenvalue weighted by Crippen LogP contribution is 2.22. The Morgan fingerprint density at radius 3 is 2.31 bits per heavy atom. The predicted molar refractivity (Wildman–Crippen MR) is 108 cm³/mol. The highest BCUT2D eigenvalue weighted by Gasteiger charge is 2.23. The first-order chi connectivity index (χ1) is 13.7. The van der Waals surface area contributed by atoms with Gasteiger partial charge < -0.3 is 9.73 Å². The van der Waals surface area contributed by atoms with Gasteiger partial charge in [0.15, 0.2) is 5.76 Å². The fourth-order valence-electron chi connectivity index (χ4n) is 2.86. The second-order valence-corrected chi connectivity index (χ2v) is 7.85. The van der Waals surface area contributed by atoms with Crippen LogP contribution in [0, 0.1) is 11.6 Å². The van der Waals surface area contributed by atoms with Gasteiger partial charge in [0.05, 0.1) is 12.2 Å². The number of rotatable bonds is 6. The molecule has 0 bridgehead atoms. The molecule has 0 aliphatic heterocycles.